The fourth-order valence-corrected chi connectivity index (χ4v) is 0.256. The van der Waals surface area contributed by atoms with Crippen molar-refractivity contribution in [1.29, 1.82) is 0 Å². The summed E-state index contributed by atoms with van der Waals surface area (Å²) in [6.45, 7) is 5.84. The third-order valence-electron chi connectivity index (χ3n) is 0.565. The largest absolute Gasteiger partial charge is 0.384 e. The molecule has 92 valence electrons. The van der Waals surface area contributed by atoms with Crippen LogP contribution in [-0.4, -0.2) is 39.9 Å². The van der Waals surface area contributed by atoms with Crippen LogP contribution in [0.4, 0.5) is 0 Å². The quantitative estimate of drug-likeness (QED) is 0.508. The molecule has 4 heteroatoms. The highest BCUT2D eigenvalue weighted by atomic mass is 16.3. The molecule has 0 radical (unpaired) electrons. The van der Waals surface area contributed by atoms with Crippen LogP contribution in [0.15, 0.2) is 0 Å². The first-order valence-electron chi connectivity index (χ1n) is 4.56. The minimum atomic E-state index is -0.970. The van der Waals surface area contributed by atoms with E-state index in [0.717, 1.165) is 0 Å². The van der Waals surface area contributed by atoms with Crippen molar-refractivity contribution in [2.75, 3.05) is 13.2 Å². The molecule has 0 aromatic carbocycles. The van der Waals surface area contributed by atoms with Gasteiger partial charge in [0.25, 0.3) is 0 Å². The van der Waals surface area contributed by atoms with Gasteiger partial charge in [0.15, 0.2) is 0 Å². The second-order valence-electron chi connectivity index (χ2n) is 3.29. The molecule has 0 aliphatic rings. The van der Waals surface area contributed by atoms with Crippen molar-refractivity contribution in [1.82, 2.24) is 0 Å². The summed E-state index contributed by atoms with van der Waals surface area (Å²) < 4.78 is 0. The van der Waals surface area contributed by atoms with Gasteiger partial charge in [-0.25, -0.2) is 0 Å². The number of aliphatic hydroxyl groups is 3. The van der Waals surface area contributed by atoms with Gasteiger partial charge in [-0.1, -0.05) is 17.8 Å². The Bertz CT molecular complexity index is 253. The van der Waals surface area contributed by atoms with E-state index in [-0.39, 0.29) is 19.0 Å². The van der Waals surface area contributed by atoms with Crippen LogP contribution in [0.1, 0.15) is 27.7 Å². The number of Topliss-reactive ketones (excluding diaryl/α,β-unsaturated/α-hetero) is 1. The normalized spacial score (nSPS) is 7.88. The Morgan fingerprint density at radius 3 is 1.62 bits per heavy atom. The predicted octanol–water partition coefficient (Wildman–Crippen LogP) is -0.0398. The summed E-state index contributed by atoms with van der Waals surface area (Å²) in [5.74, 6) is 6.92. The zero-order valence-electron chi connectivity index (χ0n) is 10.2. The maximum absolute atomic E-state index is 9.44. The maximum Gasteiger partial charge on any atom is 0.126 e. The predicted molar refractivity (Wildman–Crippen MR) is 63.4 cm³/mol. The molecule has 0 aromatic rings. The smallest absolute Gasteiger partial charge is 0.126 e. The van der Waals surface area contributed by atoms with Crippen LogP contribution in [0.25, 0.3) is 0 Å². The fraction of sp³-hybridized carbons (Fsp3) is 0.583. The number of terminal acetylenes is 1. The second kappa shape index (κ2) is 13.7. The zero-order chi connectivity index (χ0) is 13.6. The number of carbonyl (C=O) groups excluding carboxylic acids is 1. The third kappa shape index (κ3) is 79.1. The number of hydrogen-bond donors (Lipinski definition) is 3. The van der Waals surface area contributed by atoms with Crippen molar-refractivity contribution in [3.8, 4) is 24.2 Å². The van der Waals surface area contributed by atoms with E-state index in [1.165, 1.54) is 13.8 Å². The molecule has 0 saturated heterocycles. The highest BCUT2D eigenvalue weighted by molar-refractivity contribution is 5.72. The van der Waals surface area contributed by atoms with Gasteiger partial charge < -0.3 is 20.1 Å². The molecule has 0 fully saturated rings. The van der Waals surface area contributed by atoms with Gasteiger partial charge in [-0.3, -0.25) is 0 Å². The molecule has 0 amide bonds. The number of carbonyl (C=O) groups is 1. The van der Waals surface area contributed by atoms with Crippen LogP contribution < -0.4 is 0 Å². The van der Waals surface area contributed by atoms with Crippen molar-refractivity contribution in [2.45, 2.75) is 33.3 Å². The summed E-state index contributed by atoms with van der Waals surface area (Å²) >= 11 is 0. The Labute approximate surface area is 97.3 Å². The summed E-state index contributed by atoms with van der Waals surface area (Å²) in [5.41, 5.74) is -0.970. The average molecular weight is 228 g/mol. The van der Waals surface area contributed by atoms with E-state index in [4.69, 9.17) is 15.3 Å². The van der Waals surface area contributed by atoms with Crippen LogP contribution in [-0.2, 0) is 4.79 Å². The summed E-state index contributed by atoms with van der Waals surface area (Å²) in [6, 6.07) is 0. The Morgan fingerprint density at radius 1 is 1.25 bits per heavy atom. The molecule has 0 aliphatic heterocycles. The third-order valence-corrected chi connectivity index (χ3v) is 0.565. The first-order valence-corrected chi connectivity index (χ1v) is 4.56. The summed E-state index contributed by atoms with van der Waals surface area (Å²) in [5, 5.41) is 24.6. The lowest BCUT2D eigenvalue weighted by Crippen LogP contribution is -2.14. The highest BCUT2D eigenvalue weighted by Crippen LogP contribution is 1.95. The minimum absolute atomic E-state index is 0.153. The Balaban J connectivity index is -0.000000179. The molecule has 0 aromatic heterocycles. The standard InChI is InChI=1S/C6H10O2.C3H6O.C3H4O/c1-6(2,8)4-3-5-7;1-3(2)4;1-2-3-4/h7-8H,5H2,1-2H3;1-2H3;1,4H,3H2. The molecule has 0 bridgehead atoms. The molecule has 4 nitrogen and oxygen atoms in total. The Morgan fingerprint density at radius 2 is 1.56 bits per heavy atom. The van der Waals surface area contributed by atoms with Gasteiger partial charge in [0.05, 0.1) is 0 Å². The van der Waals surface area contributed by atoms with E-state index in [0.29, 0.717) is 0 Å². The lowest BCUT2D eigenvalue weighted by molar-refractivity contribution is -0.114. The molecule has 0 saturated carbocycles. The van der Waals surface area contributed by atoms with Gasteiger partial charge in [-0.05, 0) is 27.7 Å². The Kier molecular flexibility index (Phi) is 17.2. The molecular weight excluding hydrogens is 208 g/mol. The summed E-state index contributed by atoms with van der Waals surface area (Å²) in [6.07, 6.45) is 4.53. The lowest BCUT2D eigenvalue weighted by atomic mass is 10.1. The monoisotopic (exact) mass is 228 g/mol. The van der Waals surface area contributed by atoms with Crippen molar-refractivity contribution in [3.63, 3.8) is 0 Å². The molecule has 16 heavy (non-hydrogen) atoms. The van der Waals surface area contributed by atoms with Crippen molar-refractivity contribution < 1.29 is 20.1 Å². The van der Waals surface area contributed by atoms with E-state index >= 15 is 0 Å². The summed E-state index contributed by atoms with van der Waals surface area (Å²) in [4.78, 5) is 9.44. The average Bonchev–Trinajstić information content (AvgIpc) is 2.13. The van der Waals surface area contributed by atoms with Crippen LogP contribution in [0, 0.1) is 24.2 Å². The lowest BCUT2D eigenvalue weighted by Gasteiger charge is -2.05. The van der Waals surface area contributed by atoms with E-state index in [1.807, 2.05) is 5.92 Å². The highest BCUT2D eigenvalue weighted by Gasteiger charge is 2.04. The molecule has 0 atom stereocenters. The number of ketones is 1. The topological polar surface area (TPSA) is 77.8 Å². The van der Waals surface area contributed by atoms with E-state index in [2.05, 4.69) is 18.3 Å². The number of aliphatic hydroxyl groups excluding tert-OH is 2. The van der Waals surface area contributed by atoms with E-state index in [9.17, 15) is 4.79 Å². The van der Waals surface area contributed by atoms with Gasteiger partial charge in [-0.15, -0.1) is 6.42 Å². The SMILES string of the molecule is C#CCO.CC(C)(O)C#CCO.CC(C)=O. The van der Waals surface area contributed by atoms with Gasteiger partial charge in [-0.2, -0.15) is 0 Å². The maximum atomic E-state index is 9.44. The summed E-state index contributed by atoms with van der Waals surface area (Å²) in [7, 11) is 0. The van der Waals surface area contributed by atoms with Gasteiger partial charge in [0.1, 0.15) is 24.6 Å². The van der Waals surface area contributed by atoms with Gasteiger partial charge >= 0.3 is 0 Å². The first kappa shape index (κ1) is 20.1. The van der Waals surface area contributed by atoms with Crippen molar-refractivity contribution in [3.05, 3.63) is 0 Å². The van der Waals surface area contributed by atoms with E-state index in [1.54, 1.807) is 13.8 Å². The molecule has 0 aliphatic carbocycles. The number of rotatable bonds is 0. The van der Waals surface area contributed by atoms with Crippen LogP contribution in [0.3, 0.4) is 0 Å². The molecule has 0 rings (SSSR count). The fourth-order valence-electron chi connectivity index (χ4n) is 0.256. The zero-order valence-corrected chi connectivity index (χ0v) is 10.2. The molecule has 0 spiro atoms. The molecular formula is C12H20O4. The van der Waals surface area contributed by atoms with Gasteiger partial charge in [0.2, 0.25) is 0 Å². The number of hydrogen-bond acceptors (Lipinski definition) is 4. The molecule has 3 N–H and O–H groups in total. The second-order valence-corrected chi connectivity index (χ2v) is 3.29. The van der Waals surface area contributed by atoms with Gasteiger partial charge in [0, 0.05) is 0 Å². The molecule has 0 heterocycles. The van der Waals surface area contributed by atoms with Crippen molar-refractivity contribution >= 4 is 5.78 Å². The van der Waals surface area contributed by atoms with Crippen LogP contribution >= 0.6 is 0 Å². The Hall–Kier alpha value is -1.33. The van der Waals surface area contributed by atoms with Crippen molar-refractivity contribution in [2.24, 2.45) is 0 Å². The van der Waals surface area contributed by atoms with E-state index < -0.39 is 5.60 Å². The van der Waals surface area contributed by atoms with Crippen LogP contribution in [0.2, 0.25) is 0 Å². The molecule has 0 unspecified atom stereocenters. The minimum Gasteiger partial charge on any atom is -0.384 e. The first-order chi connectivity index (χ1) is 7.21. The van der Waals surface area contributed by atoms with Crippen LogP contribution in [0.5, 0.6) is 0 Å².